The fourth-order valence-corrected chi connectivity index (χ4v) is 4.58. The van der Waals surface area contributed by atoms with Gasteiger partial charge in [0.15, 0.2) is 11.6 Å². The van der Waals surface area contributed by atoms with Crippen LogP contribution in [0.3, 0.4) is 0 Å². The maximum Gasteiger partial charge on any atom is 0.197 e. The number of aromatic nitrogens is 2. The van der Waals surface area contributed by atoms with Gasteiger partial charge in [-0.3, -0.25) is 4.40 Å². The molecule has 6 rings (SSSR count). The predicted molar refractivity (Wildman–Crippen MR) is 139 cm³/mol. The molecule has 0 unspecified atom stereocenters. The molecule has 4 aromatic carbocycles. The maximum absolute atomic E-state index is 4.70. The van der Waals surface area contributed by atoms with Crippen LogP contribution in [0.4, 0.5) is 11.6 Å². The first-order valence-corrected chi connectivity index (χ1v) is 10.7. The van der Waals surface area contributed by atoms with Gasteiger partial charge in [0.25, 0.3) is 0 Å². The van der Waals surface area contributed by atoms with Crippen LogP contribution in [0.5, 0.6) is 0 Å². The molecule has 33 heavy (non-hydrogen) atoms. The fraction of sp³-hybridized carbons (Fsp3) is 0. The summed E-state index contributed by atoms with van der Waals surface area (Å²) in [4.78, 5) is 13.0. The molecule has 0 saturated carbocycles. The van der Waals surface area contributed by atoms with E-state index in [1.165, 1.54) is 16.7 Å². The number of hydrogen-bond donors (Lipinski definition) is 0. The molecule has 156 valence electrons. The van der Waals surface area contributed by atoms with Crippen LogP contribution in [-0.2, 0) is 0 Å². The van der Waals surface area contributed by atoms with Crippen LogP contribution in [0.25, 0.3) is 49.6 Å². The third-order valence-corrected chi connectivity index (χ3v) is 6.16. The molecule has 0 aliphatic carbocycles. The number of hydrogen-bond acceptors (Lipinski definition) is 3. The van der Waals surface area contributed by atoms with E-state index >= 15 is 0 Å². The lowest BCUT2D eigenvalue weighted by atomic mass is 9.97. The Bertz CT molecular complexity index is 1680. The van der Waals surface area contributed by atoms with Crippen LogP contribution in [0.15, 0.2) is 107 Å². The Morgan fingerprint density at radius 2 is 1.18 bits per heavy atom. The van der Waals surface area contributed by atoms with Gasteiger partial charge < -0.3 is 0 Å². The summed E-state index contributed by atoms with van der Waals surface area (Å²) in [5.74, 6) is 1.10. The minimum absolute atomic E-state index is 0.489. The lowest BCUT2D eigenvalue weighted by molar-refractivity contribution is 1.24. The van der Waals surface area contributed by atoms with Crippen molar-refractivity contribution in [1.29, 1.82) is 0 Å². The lowest BCUT2D eigenvalue weighted by Crippen LogP contribution is -1.92. The van der Waals surface area contributed by atoms with Crippen molar-refractivity contribution in [1.82, 2.24) is 9.38 Å². The molecule has 2 heterocycles. The molecule has 0 atom stereocenters. The second-order valence-electron chi connectivity index (χ2n) is 7.96. The summed E-state index contributed by atoms with van der Waals surface area (Å²) in [5.41, 5.74) is 6.56. The van der Waals surface area contributed by atoms with Crippen molar-refractivity contribution in [2.75, 3.05) is 0 Å². The van der Waals surface area contributed by atoms with Gasteiger partial charge in [-0.2, -0.15) is 0 Å². The summed E-state index contributed by atoms with van der Waals surface area (Å²) < 4.78 is 2.02. The first-order chi connectivity index (χ1) is 16.3. The van der Waals surface area contributed by atoms with E-state index in [1.807, 2.05) is 16.5 Å². The van der Waals surface area contributed by atoms with Gasteiger partial charge in [0, 0.05) is 10.8 Å². The highest BCUT2D eigenvalue weighted by atomic mass is 15.1. The molecule has 4 heteroatoms. The second kappa shape index (κ2) is 7.53. The summed E-state index contributed by atoms with van der Waals surface area (Å²) in [7, 11) is 0. The fourth-order valence-electron chi connectivity index (χ4n) is 4.58. The van der Waals surface area contributed by atoms with Crippen LogP contribution in [0.1, 0.15) is 0 Å². The number of aliphatic imine (C=N–C) groups is 2. The highest BCUT2D eigenvalue weighted by Gasteiger charge is 2.17. The quantitative estimate of drug-likeness (QED) is 0.212. The third kappa shape index (κ3) is 2.96. The van der Waals surface area contributed by atoms with Crippen molar-refractivity contribution in [2.24, 2.45) is 9.98 Å². The van der Waals surface area contributed by atoms with Gasteiger partial charge in [-0.15, -0.1) is 0 Å². The Kier molecular flexibility index (Phi) is 4.37. The average Bonchev–Trinajstić information content (AvgIpc) is 3.28. The van der Waals surface area contributed by atoms with Gasteiger partial charge in [-0.25, -0.2) is 15.0 Å². The third-order valence-electron chi connectivity index (χ3n) is 6.16. The Labute approximate surface area is 191 Å². The van der Waals surface area contributed by atoms with E-state index in [0.29, 0.717) is 11.6 Å². The molecule has 0 aliphatic heterocycles. The van der Waals surface area contributed by atoms with Crippen molar-refractivity contribution in [3.8, 4) is 22.3 Å². The van der Waals surface area contributed by atoms with E-state index in [-0.39, 0.29) is 0 Å². The molecule has 0 spiro atoms. The molecule has 0 amide bonds. The van der Waals surface area contributed by atoms with E-state index in [9.17, 15) is 0 Å². The van der Waals surface area contributed by atoms with Crippen molar-refractivity contribution in [3.05, 3.63) is 97.1 Å². The molecule has 6 aromatic rings. The number of fused-ring (bicyclic) bond motifs is 6. The monoisotopic (exact) mass is 424 g/mol. The lowest BCUT2D eigenvalue weighted by Gasteiger charge is -2.11. The molecule has 0 saturated heterocycles. The van der Waals surface area contributed by atoms with Gasteiger partial charge in [0.2, 0.25) is 0 Å². The Hall–Kier alpha value is -4.57. The molecule has 4 nitrogen and oxygen atoms in total. The summed E-state index contributed by atoms with van der Waals surface area (Å²) in [6.45, 7) is 7.41. The standard InChI is InChI=1S/C29H20N4/c1-30-27-29(31-2)33-26-17-16-22(18-25(26)23-10-6-7-11-24(23)28(33)32-27)21-14-12-20(13-15-21)19-8-4-3-5-9-19/h3-18H,1-2H2. The van der Waals surface area contributed by atoms with E-state index in [4.69, 9.17) is 4.98 Å². The van der Waals surface area contributed by atoms with Gasteiger partial charge in [-0.1, -0.05) is 84.9 Å². The SMILES string of the molecule is C=Nc1nc2c3ccccc3c3cc(-c4ccc(-c5ccccc5)cc4)ccc3n2c1N=C. The minimum Gasteiger partial charge on any atom is -0.275 e. The maximum atomic E-state index is 4.70. The Morgan fingerprint density at radius 1 is 0.576 bits per heavy atom. The smallest absolute Gasteiger partial charge is 0.197 e. The molecule has 0 N–H and O–H groups in total. The van der Waals surface area contributed by atoms with Crippen LogP contribution >= 0.6 is 0 Å². The van der Waals surface area contributed by atoms with Crippen molar-refractivity contribution < 1.29 is 0 Å². The molecule has 0 fully saturated rings. The topological polar surface area (TPSA) is 42.0 Å². The van der Waals surface area contributed by atoms with Crippen LogP contribution in [0, 0.1) is 0 Å². The number of imidazole rings is 1. The predicted octanol–water partition coefficient (Wildman–Crippen LogP) is 7.64. The van der Waals surface area contributed by atoms with Gasteiger partial charge in [-0.05, 0) is 53.2 Å². The zero-order chi connectivity index (χ0) is 22.4. The summed E-state index contributed by atoms with van der Waals surface area (Å²) >= 11 is 0. The summed E-state index contributed by atoms with van der Waals surface area (Å²) in [6.07, 6.45) is 0. The van der Waals surface area contributed by atoms with Crippen molar-refractivity contribution in [2.45, 2.75) is 0 Å². The van der Waals surface area contributed by atoms with Crippen LogP contribution < -0.4 is 0 Å². The van der Waals surface area contributed by atoms with Crippen LogP contribution in [-0.4, -0.2) is 22.8 Å². The zero-order valence-corrected chi connectivity index (χ0v) is 17.9. The Balaban J connectivity index is 1.59. The summed E-state index contributed by atoms with van der Waals surface area (Å²) in [5, 5.41) is 3.31. The first kappa shape index (κ1) is 19.1. The van der Waals surface area contributed by atoms with Crippen LogP contribution in [0.2, 0.25) is 0 Å². The number of pyridine rings is 1. The molecule has 0 bridgehead atoms. The van der Waals surface area contributed by atoms with Gasteiger partial charge in [0.05, 0.1) is 5.52 Å². The average molecular weight is 425 g/mol. The Morgan fingerprint density at radius 3 is 1.88 bits per heavy atom. The van der Waals surface area contributed by atoms with Gasteiger partial charge >= 0.3 is 0 Å². The molecular weight excluding hydrogens is 404 g/mol. The molecular formula is C29H20N4. The highest BCUT2D eigenvalue weighted by Crippen LogP contribution is 2.38. The van der Waals surface area contributed by atoms with E-state index in [0.717, 1.165) is 32.9 Å². The van der Waals surface area contributed by atoms with E-state index < -0.39 is 0 Å². The van der Waals surface area contributed by atoms with Gasteiger partial charge in [0.1, 0.15) is 5.65 Å². The molecule has 2 aromatic heterocycles. The molecule has 0 radical (unpaired) electrons. The second-order valence-corrected chi connectivity index (χ2v) is 7.96. The summed E-state index contributed by atoms with van der Waals surface area (Å²) in [6, 6.07) is 33.9. The van der Waals surface area contributed by atoms with Crippen molar-refractivity contribution in [3.63, 3.8) is 0 Å². The zero-order valence-electron chi connectivity index (χ0n) is 17.9. The number of benzene rings is 4. The van der Waals surface area contributed by atoms with E-state index in [2.05, 4.69) is 108 Å². The van der Waals surface area contributed by atoms with E-state index in [1.54, 1.807) is 0 Å². The van der Waals surface area contributed by atoms with Crippen molar-refractivity contribution >= 4 is 52.4 Å². The highest BCUT2D eigenvalue weighted by molar-refractivity contribution is 6.13. The molecule has 0 aliphatic rings. The first-order valence-electron chi connectivity index (χ1n) is 10.7. The number of rotatable bonds is 4. The largest absolute Gasteiger partial charge is 0.275 e. The minimum atomic E-state index is 0.489. The normalized spacial score (nSPS) is 11.3. The number of nitrogens with zero attached hydrogens (tertiary/aromatic N) is 4.